The zero-order chi connectivity index (χ0) is 20.1. The monoisotopic (exact) mass is 443 g/mol. The SMILES string of the molecule is O=C([O-])c1ccccc1CCn1c(=O)c2ccccc2n(CCCCBr)c1=O. The normalized spacial score (nSPS) is 11.0. The third-order valence-corrected chi connectivity index (χ3v) is 5.30. The van der Waals surface area contributed by atoms with Crippen molar-refractivity contribution >= 4 is 32.8 Å². The second kappa shape index (κ2) is 9.01. The fraction of sp³-hybridized carbons (Fsp3) is 0.286. The van der Waals surface area contributed by atoms with Crippen LogP contribution in [0.15, 0.2) is 58.1 Å². The van der Waals surface area contributed by atoms with Gasteiger partial charge in [0.05, 0.1) is 16.9 Å². The van der Waals surface area contributed by atoms with Crippen LogP contribution in [0.3, 0.4) is 0 Å². The minimum Gasteiger partial charge on any atom is -0.545 e. The summed E-state index contributed by atoms with van der Waals surface area (Å²) in [5.41, 5.74) is 0.507. The maximum absolute atomic E-state index is 13.0. The van der Waals surface area contributed by atoms with Gasteiger partial charge in [-0.25, -0.2) is 4.79 Å². The number of aryl methyl sites for hydroxylation is 2. The van der Waals surface area contributed by atoms with Crippen LogP contribution < -0.4 is 16.4 Å². The molecular formula is C21H20BrN2O4-. The Balaban J connectivity index is 2.03. The largest absolute Gasteiger partial charge is 0.545 e. The van der Waals surface area contributed by atoms with Crippen molar-refractivity contribution in [2.45, 2.75) is 32.4 Å². The lowest BCUT2D eigenvalue weighted by atomic mass is 10.0. The zero-order valence-electron chi connectivity index (χ0n) is 15.3. The van der Waals surface area contributed by atoms with E-state index in [1.807, 2.05) is 6.07 Å². The van der Waals surface area contributed by atoms with E-state index in [-0.39, 0.29) is 29.8 Å². The predicted octanol–water partition coefficient (Wildman–Crippen LogP) is 1.94. The second-order valence-electron chi connectivity index (χ2n) is 6.50. The fourth-order valence-corrected chi connectivity index (χ4v) is 3.71. The molecule has 0 amide bonds. The third kappa shape index (κ3) is 4.09. The molecule has 28 heavy (non-hydrogen) atoms. The Hall–Kier alpha value is -2.67. The van der Waals surface area contributed by atoms with Crippen molar-refractivity contribution < 1.29 is 9.90 Å². The molecule has 0 saturated carbocycles. The van der Waals surface area contributed by atoms with Crippen LogP contribution in [0.1, 0.15) is 28.8 Å². The molecule has 1 heterocycles. The van der Waals surface area contributed by atoms with E-state index in [0.717, 1.165) is 18.2 Å². The van der Waals surface area contributed by atoms with Crippen molar-refractivity contribution in [1.29, 1.82) is 0 Å². The van der Waals surface area contributed by atoms with Crippen molar-refractivity contribution in [2.75, 3.05) is 5.33 Å². The molecule has 0 fully saturated rings. The second-order valence-corrected chi connectivity index (χ2v) is 7.29. The van der Waals surface area contributed by atoms with Crippen molar-refractivity contribution in [3.63, 3.8) is 0 Å². The zero-order valence-corrected chi connectivity index (χ0v) is 16.9. The number of nitrogens with zero attached hydrogens (tertiary/aromatic N) is 2. The Bertz CT molecular complexity index is 1120. The summed E-state index contributed by atoms with van der Waals surface area (Å²) in [5.74, 6) is -1.27. The molecule has 0 unspecified atom stereocenters. The van der Waals surface area contributed by atoms with Crippen molar-refractivity contribution in [3.8, 4) is 0 Å². The number of para-hydroxylation sites is 1. The molecule has 146 valence electrons. The lowest BCUT2D eigenvalue weighted by Gasteiger charge is -2.15. The van der Waals surface area contributed by atoms with Gasteiger partial charge in [0.2, 0.25) is 0 Å². The first-order valence-corrected chi connectivity index (χ1v) is 10.2. The number of carbonyl (C=O) groups excluding carboxylic acids is 1. The third-order valence-electron chi connectivity index (χ3n) is 4.74. The van der Waals surface area contributed by atoms with Crippen LogP contribution >= 0.6 is 15.9 Å². The first-order chi connectivity index (χ1) is 13.5. The molecule has 0 aliphatic rings. The average molecular weight is 444 g/mol. The quantitative estimate of drug-likeness (QED) is 0.393. The molecule has 6 nitrogen and oxygen atoms in total. The highest BCUT2D eigenvalue weighted by atomic mass is 79.9. The number of aromatic nitrogens is 2. The molecule has 3 aromatic rings. The smallest absolute Gasteiger partial charge is 0.331 e. The molecule has 0 bridgehead atoms. The van der Waals surface area contributed by atoms with Gasteiger partial charge in [0.1, 0.15) is 0 Å². The van der Waals surface area contributed by atoms with Crippen LogP contribution in [0.4, 0.5) is 0 Å². The van der Waals surface area contributed by atoms with Crippen LogP contribution in [-0.2, 0) is 19.5 Å². The van der Waals surface area contributed by atoms with E-state index in [2.05, 4.69) is 15.9 Å². The number of halogens is 1. The highest BCUT2D eigenvalue weighted by Crippen LogP contribution is 2.11. The van der Waals surface area contributed by atoms with Gasteiger partial charge in [0.15, 0.2) is 0 Å². The van der Waals surface area contributed by atoms with E-state index in [0.29, 0.717) is 23.0 Å². The van der Waals surface area contributed by atoms with Gasteiger partial charge < -0.3 is 9.90 Å². The van der Waals surface area contributed by atoms with E-state index in [4.69, 9.17) is 0 Å². The van der Waals surface area contributed by atoms with E-state index in [1.54, 1.807) is 41.0 Å². The van der Waals surface area contributed by atoms with Gasteiger partial charge in [-0.05, 0) is 37.0 Å². The highest BCUT2D eigenvalue weighted by Gasteiger charge is 2.13. The first kappa shape index (κ1) is 20.1. The summed E-state index contributed by atoms with van der Waals surface area (Å²) in [5, 5.41) is 12.6. The summed E-state index contributed by atoms with van der Waals surface area (Å²) in [6.07, 6.45) is 1.97. The number of alkyl halides is 1. The summed E-state index contributed by atoms with van der Waals surface area (Å²) in [4.78, 5) is 37.2. The predicted molar refractivity (Wildman–Crippen MR) is 110 cm³/mol. The van der Waals surface area contributed by atoms with Gasteiger partial charge >= 0.3 is 5.69 Å². The van der Waals surface area contributed by atoms with Crippen LogP contribution in [0.2, 0.25) is 0 Å². The lowest BCUT2D eigenvalue weighted by molar-refractivity contribution is -0.255. The number of carboxylic acid groups (broad SMARTS) is 1. The Morgan fingerprint density at radius 1 is 0.929 bits per heavy atom. The van der Waals surface area contributed by atoms with Crippen LogP contribution in [0, 0.1) is 0 Å². The number of carboxylic acids is 1. The van der Waals surface area contributed by atoms with E-state index in [1.165, 1.54) is 10.6 Å². The van der Waals surface area contributed by atoms with E-state index < -0.39 is 5.97 Å². The average Bonchev–Trinajstić information content (AvgIpc) is 2.70. The summed E-state index contributed by atoms with van der Waals surface area (Å²) < 4.78 is 2.83. The Morgan fingerprint density at radius 3 is 2.39 bits per heavy atom. The lowest BCUT2D eigenvalue weighted by Crippen LogP contribution is -2.40. The van der Waals surface area contributed by atoms with E-state index >= 15 is 0 Å². The molecule has 3 rings (SSSR count). The minimum atomic E-state index is -1.27. The van der Waals surface area contributed by atoms with Gasteiger partial charge in [-0.15, -0.1) is 0 Å². The first-order valence-electron chi connectivity index (χ1n) is 9.12. The molecule has 0 N–H and O–H groups in total. The Kier molecular flexibility index (Phi) is 6.46. The van der Waals surface area contributed by atoms with Crippen molar-refractivity contribution in [1.82, 2.24) is 9.13 Å². The molecule has 7 heteroatoms. The van der Waals surface area contributed by atoms with Crippen molar-refractivity contribution in [2.24, 2.45) is 0 Å². The fourth-order valence-electron chi connectivity index (χ4n) is 3.32. The van der Waals surface area contributed by atoms with Gasteiger partial charge in [-0.2, -0.15) is 0 Å². The summed E-state index contributed by atoms with van der Waals surface area (Å²) >= 11 is 3.39. The molecule has 1 aromatic heterocycles. The molecule has 0 saturated heterocycles. The van der Waals surface area contributed by atoms with Gasteiger partial charge in [-0.1, -0.05) is 52.3 Å². The number of hydrogen-bond donors (Lipinski definition) is 0. The maximum Gasteiger partial charge on any atom is 0.331 e. The van der Waals surface area contributed by atoms with Crippen LogP contribution in [-0.4, -0.2) is 20.4 Å². The molecule has 0 atom stereocenters. The summed E-state index contributed by atoms with van der Waals surface area (Å²) in [7, 11) is 0. The van der Waals surface area contributed by atoms with Gasteiger partial charge in [0.25, 0.3) is 5.56 Å². The molecule has 0 radical (unpaired) electrons. The van der Waals surface area contributed by atoms with Gasteiger partial charge in [-0.3, -0.25) is 13.9 Å². The highest BCUT2D eigenvalue weighted by molar-refractivity contribution is 9.09. The Morgan fingerprint density at radius 2 is 1.64 bits per heavy atom. The van der Waals surface area contributed by atoms with Gasteiger partial charge in [0, 0.05) is 24.0 Å². The maximum atomic E-state index is 13.0. The molecule has 0 aliphatic heterocycles. The standard InChI is InChI=1S/C21H21BrN2O4/c22-12-5-6-13-23-18-10-4-3-9-17(18)19(25)24(21(23)28)14-11-15-7-1-2-8-16(15)20(26)27/h1-4,7-10H,5-6,11-14H2,(H,26,27)/p-1. The summed E-state index contributed by atoms with van der Waals surface area (Å²) in [6, 6.07) is 13.6. The van der Waals surface area contributed by atoms with Crippen LogP contribution in [0.5, 0.6) is 0 Å². The minimum absolute atomic E-state index is 0.0778. The van der Waals surface area contributed by atoms with E-state index in [9.17, 15) is 19.5 Å². The summed E-state index contributed by atoms with van der Waals surface area (Å²) in [6.45, 7) is 0.617. The Labute approximate surface area is 170 Å². The number of aromatic carboxylic acids is 1. The number of hydrogen-bond acceptors (Lipinski definition) is 4. The van der Waals surface area contributed by atoms with Crippen LogP contribution in [0.25, 0.3) is 10.9 Å². The number of rotatable bonds is 8. The number of fused-ring (bicyclic) bond motifs is 1. The molecular weight excluding hydrogens is 424 g/mol. The number of carbonyl (C=O) groups is 1. The van der Waals surface area contributed by atoms with Crippen molar-refractivity contribution in [3.05, 3.63) is 80.5 Å². The number of unbranched alkanes of at least 4 members (excludes halogenated alkanes) is 1. The molecule has 2 aromatic carbocycles. The molecule has 0 aliphatic carbocycles. The number of benzene rings is 2. The topological polar surface area (TPSA) is 84.1 Å². The molecule has 0 spiro atoms.